The van der Waals surface area contributed by atoms with Crippen LogP contribution in [0, 0.1) is 0 Å². The highest BCUT2D eigenvalue weighted by atomic mass is 16.5. The minimum Gasteiger partial charge on any atom is -0.461 e. The van der Waals surface area contributed by atoms with E-state index in [1.54, 1.807) is 4.90 Å². The van der Waals surface area contributed by atoms with Gasteiger partial charge < -0.3 is 20.7 Å². The van der Waals surface area contributed by atoms with Gasteiger partial charge in [-0.1, -0.05) is 0 Å². The van der Waals surface area contributed by atoms with Gasteiger partial charge in [0.05, 0.1) is 6.10 Å². The number of nitrogens with zero attached hydrogens (tertiary/aromatic N) is 4. The van der Waals surface area contributed by atoms with Crippen LogP contribution in [-0.4, -0.2) is 51.5 Å². The summed E-state index contributed by atoms with van der Waals surface area (Å²) in [5.74, 6) is 0.483. The lowest BCUT2D eigenvalue weighted by Gasteiger charge is -2.18. The summed E-state index contributed by atoms with van der Waals surface area (Å²) < 4.78 is 5.38. The molecule has 8 nitrogen and oxygen atoms in total. The molecule has 0 unspecified atom stereocenters. The van der Waals surface area contributed by atoms with Crippen molar-refractivity contribution in [2.45, 2.75) is 40.2 Å². The van der Waals surface area contributed by atoms with E-state index in [9.17, 15) is 4.79 Å². The molecule has 1 aromatic heterocycles. The number of aromatic nitrogens is 3. The normalized spacial score (nSPS) is 10.5. The zero-order valence-corrected chi connectivity index (χ0v) is 13.1. The first kappa shape index (κ1) is 16.9. The Labute approximate surface area is 125 Å². The van der Waals surface area contributed by atoms with E-state index >= 15 is 0 Å². The Morgan fingerprint density at radius 1 is 1.29 bits per heavy atom. The summed E-state index contributed by atoms with van der Waals surface area (Å²) >= 11 is 0. The van der Waals surface area contributed by atoms with E-state index < -0.39 is 0 Å². The van der Waals surface area contributed by atoms with Gasteiger partial charge in [-0.2, -0.15) is 15.0 Å². The predicted molar refractivity (Wildman–Crippen MR) is 81.0 cm³/mol. The molecule has 0 atom stereocenters. The Morgan fingerprint density at radius 2 is 1.95 bits per heavy atom. The van der Waals surface area contributed by atoms with E-state index in [1.807, 2.05) is 27.7 Å². The van der Waals surface area contributed by atoms with Gasteiger partial charge in [-0.25, -0.2) is 0 Å². The molecular weight excluding hydrogens is 272 g/mol. The second-order valence-electron chi connectivity index (χ2n) is 4.71. The molecule has 1 heterocycles. The SMILES string of the molecule is CCN(CC)C(=O)CCNc1nc(N)nc(OC(C)C)n1. The molecule has 0 radical (unpaired) electrons. The summed E-state index contributed by atoms with van der Waals surface area (Å²) in [5.41, 5.74) is 5.60. The molecule has 0 saturated carbocycles. The molecule has 0 spiro atoms. The lowest BCUT2D eigenvalue weighted by molar-refractivity contribution is -0.130. The van der Waals surface area contributed by atoms with E-state index in [2.05, 4.69) is 20.3 Å². The van der Waals surface area contributed by atoms with Crippen molar-refractivity contribution in [2.24, 2.45) is 0 Å². The number of rotatable bonds is 8. The largest absolute Gasteiger partial charge is 0.461 e. The van der Waals surface area contributed by atoms with Crippen LogP contribution in [0.2, 0.25) is 0 Å². The molecule has 0 aliphatic heterocycles. The molecule has 8 heteroatoms. The van der Waals surface area contributed by atoms with E-state index in [0.29, 0.717) is 32.0 Å². The lowest BCUT2D eigenvalue weighted by Crippen LogP contribution is -2.31. The Hall–Kier alpha value is -2.12. The van der Waals surface area contributed by atoms with Gasteiger partial charge in [0.1, 0.15) is 0 Å². The maximum absolute atomic E-state index is 11.9. The quantitative estimate of drug-likeness (QED) is 0.734. The molecule has 1 amide bonds. The summed E-state index contributed by atoms with van der Waals surface area (Å²) in [6.07, 6.45) is 0.317. The number of nitrogen functional groups attached to an aromatic ring is 1. The highest BCUT2D eigenvalue weighted by Gasteiger charge is 2.10. The van der Waals surface area contributed by atoms with Crippen LogP contribution in [0.4, 0.5) is 11.9 Å². The average Bonchev–Trinajstić information content (AvgIpc) is 2.38. The molecule has 1 rings (SSSR count). The van der Waals surface area contributed by atoms with Gasteiger partial charge in [0.2, 0.25) is 17.8 Å². The number of carbonyl (C=O) groups excluding carboxylic acids is 1. The fourth-order valence-electron chi connectivity index (χ4n) is 1.73. The highest BCUT2D eigenvalue weighted by Crippen LogP contribution is 2.10. The third-order valence-corrected chi connectivity index (χ3v) is 2.71. The number of carbonyl (C=O) groups is 1. The summed E-state index contributed by atoms with van der Waals surface area (Å²) in [6.45, 7) is 9.50. The molecule has 0 bridgehead atoms. The zero-order valence-electron chi connectivity index (χ0n) is 13.1. The van der Waals surface area contributed by atoms with Gasteiger partial charge in [0, 0.05) is 26.1 Å². The fraction of sp³-hybridized carbons (Fsp3) is 0.692. The van der Waals surface area contributed by atoms with Crippen molar-refractivity contribution in [1.82, 2.24) is 19.9 Å². The standard InChI is InChI=1S/C13H24N6O2/c1-5-19(6-2)10(20)7-8-15-12-16-11(14)17-13(18-12)21-9(3)4/h9H,5-8H2,1-4H3,(H3,14,15,16,17,18). The fourth-order valence-corrected chi connectivity index (χ4v) is 1.73. The molecule has 21 heavy (non-hydrogen) atoms. The van der Waals surface area contributed by atoms with Crippen LogP contribution in [0.3, 0.4) is 0 Å². The molecule has 0 aromatic carbocycles. The maximum Gasteiger partial charge on any atom is 0.323 e. The van der Waals surface area contributed by atoms with Crippen molar-refractivity contribution >= 4 is 17.8 Å². The van der Waals surface area contributed by atoms with Crippen LogP contribution in [0.1, 0.15) is 34.1 Å². The number of ether oxygens (including phenoxy) is 1. The van der Waals surface area contributed by atoms with Gasteiger partial charge in [-0.3, -0.25) is 4.79 Å². The van der Waals surface area contributed by atoms with Crippen molar-refractivity contribution in [2.75, 3.05) is 30.7 Å². The first-order valence-electron chi connectivity index (χ1n) is 7.16. The Bertz CT molecular complexity index is 462. The number of anilines is 2. The molecule has 1 aromatic rings. The molecular formula is C13H24N6O2. The Kier molecular flexibility index (Phi) is 6.64. The summed E-state index contributed by atoms with van der Waals surface area (Å²) in [6, 6.07) is 0.176. The van der Waals surface area contributed by atoms with Crippen molar-refractivity contribution < 1.29 is 9.53 Å². The third kappa shape index (κ3) is 5.80. The summed E-state index contributed by atoms with van der Waals surface area (Å²) in [5, 5.41) is 2.96. The first-order valence-corrected chi connectivity index (χ1v) is 7.16. The molecule has 0 aliphatic rings. The van der Waals surface area contributed by atoms with E-state index in [4.69, 9.17) is 10.5 Å². The topological polar surface area (TPSA) is 106 Å². The number of hydrogen-bond acceptors (Lipinski definition) is 7. The van der Waals surface area contributed by atoms with Crippen molar-refractivity contribution in [3.8, 4) is 6.01 Å². The Morgan fingerprint density at radius 3 is 2.52 bits per heavy atom. The van der Waals surface area contributed by atoms with Crippen LogP contribution >= 0.6 is 0 Å². The molecule has 0 saturated heterocycles. The van der Waals surface area contributed by atoms with Crippen molar-refractivity contribution in [1.29, 1.82) is 0 Å². The molecule has 3 N–H and O–H groups in total. The van der Waals surface area contributed by atoms with Crippen molar-refractivity contribution in [3.63, 3.8) is 0 Å². The van der Waals surface area contributed by atoms with Gasteiger partial charge in [-0.05, 0) is 27.7 Å². The van der Waals surface area contributed by atoms with Crippen LogP contribution in [0.25, 0.3) is 0 Å². The number of hydrogen-bond donors (Lipinski definition) is 2. The van der Waals surface area contributed by atoms with Gasteiger partial charge in [-0.15, -0.1) is 0 Å². The number of nitrogens with two attached hydrogens (primary N) is 1. The smallest absolute Gasteiger partial charge is 0.323 e. The lowest BCUT2D eigenvalue weighted by atomic mass is 10.3. The second-order valence-corrected chi connectivity index (χ2v) is 4.71. The van der Waals surface area contributed by atoms with Gasteiger partial charge >= 0.3 is 6.01 Å². The van der Waals surface area contributed by atoms with Crippen LogP contribution in [-0.2, 0) is 4.79 Å². The van der Waals surface area contributed by atoms with Crippen LogP contribution in [0.15, 0.2) is 0 Å². The third-order valence-electron chi connectivity index (χ3n) is 2.71. The monoisotopic (exact) mass is 296 g/mol. The predicted octanol–water partition coefficient (Wildman–Crippen LogP) is 0.911. The van der Waals surface area contributed by atoms with Crippen LogP contribution < -0.4 is 15.8 Å². The molecule has 0 aliphatic carbocycles. The van der Waals surface area contributed by atoms with E-state index in [0.717, 1.165) is 0 Å². The number of nitrogens with one attached hydrogen (secondary N) is 1. The molecule has 0 fully saturated rings. The maximum atomic E-state index is 11.9. The van der Waals surface area contributed by atoms with Gasteiger partial charge in [0.25, 0.3) is 0 Å². The minimum absolute atomic E-state index is 0.0519. The zero-order chi connectivity index (χ0) is 15.8. The average molecular weight is 296 g/mol. The van der Waals surface area contributed by atoms with Crippen LogP contribution in [0.5, 0.6) is 6.01 Å². The first-order chi connectivity index (χ1) is 9.96. The second kappa shape index (κ2) is 8.23. The summed E-state index contributed by atoms with van der Waals surface area (Å²) in [7, 11) is 0. The Balaban J connectivity index is 2.55. The molecule has 118 valence electrons. The van der Waals surface area contributed by atoms with E-state index in [-0.39, 0.29) is 24.0 Å². The van der Waals surface area contributed by atoms with Gasteiger partial charge in [0.15, 0.2) is 0 Å². The summed E-state index contributed by atoms with van der Waals surface area (Å²) in [4.78, 5) is 25.6. The minimum atomic E-state index is -0.0519. The highest BCUT2D eigenvalue weighted by molar-refractivity contribution is 5.76. The van der Waals surface area contributed by atoms with Crippen molar-refractivity contribution in [3.05, 3.63) is 0 Å². The van der Waals surface area contributed by atoms with E-state index in [1.165, 1.54) is 0 Å². The number of amides is 1.